The number of esters is 1. The third-order valence-corrected chi connectivity index (χ3v) is 12.4. The average Bonchev–Trinajstić information content (AvgIpc) is 3.26. The van der Waals surface area contributed by atoms with Crippen molar-refractivity contribution in [2.45, 2.75) is 241 Å². The van der Waals surface area contributed by atoms with E-state index in [0.717, 1.165) is 44.9 Å². The second-order valence-electron chi connectivity index (χ2n) is 22.4. The van der Waals surface area contributed by atoms with Gasteiger partial charge in [-0.05, 0) is 80.5 Å². The molecular weight excluding hydrogens is 943 g/mol. The van der Waals surface area contributed by atoms with Crippen molar-refractivity contribution in [1.82, 2.24) is 37.2 Å². The number of carboxylic acids is 2. The number of amides is 7. The number of rotatable bonds is 24. The van der Waals surface area contributed by atoms with Gasteiger partial charge in [-0.25, -0.2) is 4.79 Å². The number of aliphatic carboxylic acids is 2. The fourth-order valence-corrected chi connectivity index (χ4v) is 8.57. The number of carbonyl (C=O) groups is 10. The second-order valence-corrected chi connectivity index (χ2v) is 22.4. The third kappa shape index (κ3) is 28.1. The molecule has 0 saturated carbocycles. The fourth-order valence-electron chi connectivity index (χ4n) is 8.57. The minimum atomic E-state index is -1.72. The van der Waals surface area contributed by atoms with Crippen LogP contribution >= 0.6 is 0 Å². The highest BCUT2D eigenvalue weighted by molar-refractivity contribution is 5.98. The number of carbonyl (C=O) groups excluding carboxylic acids is 8. The molecule has 0 aromatic heterocycles. The Balaban J connectivity index is 3.95. The maximum Gasteiger partial charge on any atom is 0.328 e. The van der Waals surface area contributed by atoms with Crippen molar-refractivity contribution in [3.63, 3.8) is 0 Å². The highest BCUT2D eigenvalue weighted by atomic mass is 16.5. The van der Waals surface area contributed by atoms with E-state index in [4.69, 9.17) is 4.74 Å². The molecular formula is C53H93N7O13. The normalized spacial score (nSPS) is 24.0. The maximum atomic E-state index is 14.2. The molecule has 73 heavy (non-hydrogen) atoms. The summed E-state index contributed by atoms with van der Waals surface area (Å²) in [6.45, 7) is 22.0. The van der Waals surface area contributed by atoms with E-state index in [2.05, 4.69) is 51.1 Å². The first kappa shape index (κ1) is 65.7. The van der Waals surface area contributed by atoms with Crippen molar-refractivity contribution in [3.8, 4) is 0 Å². The molecule has 0 spiro atoms. The van der Waals surface area contributed by atoms with Crippen molar-refractivity contribution >= 4 is 59.3 Å². The molecule has 1 fully saturated rings. The second kappa shape index (κ2) is 34.2. The van der Waals surface area contributed by atoms with Gasteiger partial charge in [0.25, 0.3) is 0 Å². The highest BCUT2D eigenvalue weighted by Crippen LogP contribution is 2.19. The summed E-state index contributed by atoms with van der Waals surface area (Å²) in [7, 11) is 0. The van der Waals surface area contributed by atoms with Crippen LogP contribution in [0.3, 0.4) is 0 Å². The van der Waals surface area contributed by atoms with Crippen LogP contribution in [0.1, 0.15) is 192 Å². The van der Waals surface area contributed by atoms with Crippen LogP contribution < -0.4 is 37.2 Å². The van der Waals surface area contributed by atoms with Crippen LogP contribution in [-0.2, 0) is 52.7 Å². The van der Waals surface area contributed by atoms with E-state index in [1.807, 2.05) is 13.8 Å². The van der Waals surface area contributed by atoms with E-state index in [9.17, 15) is 58.2 Å². The molecule has 0 bridgehead atoms. The van der Waals surface area contributed by atoms with Gasteiger partial charge < -0.3 is 52.2 Å². The van der Waals surface area contributed by atoms with E-state index < -0.39 is 133 Å². The molecule has 20 nitrogen and oxygen atoms in total. The molecule has 0 aromatic carbocycles. The molecule has 1 aliphatic rings. The van der Waals surface area contributed by atoms with E-state index >= 15 is 0 Å². The summed E-state index contributed by atoms with van der Waals surface area (Å²) in [6.07, 6.45) is 5.02. The molecule has 1 heterocycles. The fraction of sp³-hybridized carbons (Fsp3) is 0.811. The predicted molar refractivity (Wildman–Crippen MR) is 276 cm³/mol. The molecule has 9 N–H and O–H groups in total. The van der Waals surface area contributed by atoms with Crippen molar-refractivity contribution in [2.75, 3.05) is 0 Å². The molecule has 1 rings (SSSR count). The predicted octanol–water partition coefficient (Wildman–Crippen LogP) is 5.04. The van der Waals surface area contributed by atoms with Crippen LogP contribution in [0, 0.1) is 35.5 Å². The molecule has 0 unspecified atom stereocenters. The van der Waals surface area contributed by atoms with Gasteiger partial charge in [0.2, 0.25) is 41.4 Å². The van der Waals surface area contributed by atoms with E-state index in [0.29, 0.717) is 12.3 Å². The van der Waals surface area contributed by atoms with Crippen LogP contribution in [0.2, 0.25) is 0 Å². The van der Waals surface area contributed by atoms with Gasteiger partial charge in [-0.15, -0.1) is 0 Å². The monoisotopic (exact) mass is 1040 g/mol. The Hall–Kier alpha value is -5.30. The molecule has 20 heteroatoms. The minimum absolute atomic E-state index is 0.0393. The number of nitrogens with one attached hydrogen (secondary N) is 7. The minimum Gasteiger partial charge on any atom is -0.481 e. The summed E-state index contributed by atoms with van der Waals surface area (Å²) in [6, 6.07) is -9.64. The van der Waals surface area contributed by atoms with Crippen LogP contribution in [0.5, 0.6) is 0 Å². The Kier molecular flexibility index (Phi) is 30.8. The molecule has 418 valence electrons. The van der Waals surface area contributed by atoms with Gasteiger partial charge in [0.15, 0.2) is 0 Å². The molecule has 1 aliphatic heterocycles. The Bertz CT molecular complexity index is 1800. The third-order valence-electron chi connectivity index (χ3n) is 12.4. The number of unbranched alkanes of at least 4 members (excludes halogenated alkanes) is 6. The van der Waals surface area contributed by atoms with Crippen LogP contribution in [0.4, 0.5) is 0 Å². The number of ether oxygens (including phenoxy) is 1. The zero-order valence-corrected chi connectivity index (χ0v) is 46.0. The molecule has 0 aliphatic carbocycles. The topological polar surface area (TPSA) is 305 Å². The Morgan fingerprint density at radius 2 is 0.849 bits per heavy atom. The summed E-state index contributed by atoms with van der Waals surface area (Å²) in [4.78, 5) is 137. The molecule has 7 amide bonds. The lowest BCUT2D eigenvalue weighted by Gasteiger charge is -2.29. The summed E-state index contributed by atoms with van der Waals surface area (Å²) in [5.41, 5.74) is 0. The SMILES string of the molecule is CC(C)CCCCCCCCC[C@H]1CC(=O)N[C@H](CCC(=O)O)C(=O)N[C@H](CC(C)C)C(=O)N[C@@H](CC(C)C)C(=O)N[C@H](C(C)C)C(=O)N[C@H](CC(=O)O)C(=O)N[C@@H](CC(C)C)C(=O)N[C@H](CC(C)C)C(=O)O1. The molecule has 0 aromatic rings. The largest absolute Gasteiger partial charge is 0.481 e. The number of cyclic esters (lactones) is 1. The zero-order chi connectivity index (χ0) is 55.5. The Labute approximate surface area is 434 Å². The number of carboxylic acid groups (broad SMARTS) is 2. The van der Waals surface area contributed by atoms with Crippen LogP contribution in [0.25, 0.3) is 0 Å². The number of hydrogen-bond donors (Lipinski definition) is 9. The number of hydrogen-bond acceptors (Lipinski definition) is 11. The first-order valence-electron chi connectivity index (χ1n) is 26.8. The standard InChI is InChI=1S/C53H93N7O13/c1-30(2)20-18-16-14-13-15-17-19-21-36-28-43(61)54-37(22-23-44(62)63)47(66)55-38(24-31(3)4)48(67)57-40(26-33(7)8)51(70)60-46(35(11)12)52(71)58-41(29-45(64)65)50(69)56-39(25-32(5)6)49(68)59-42(27-34(9)10)53(72)73-36/h30-42,46H,13-29H2,1-12H3,(H,54,61)(H,55,66)(H,56,69)(H,57,67)(H,58,71)(H,59,68)(H,60,70)(H,62,63)(H,64,65)/t36-,37+,38+,39-,40-,41+,42+,46+/m0/s1. The lowest BCUT2D eigenvalue weighted by molar-refractivity contribution is -0.155. The molecule has 0 radical (unpaired) electrons. The zero-order valence-electron chi connectivity index (χ0n) is 46.0. The van der Waals surface area contributed by atoms with Crippen LogP contribution in [-0.4, -0.2) is 118 Å². The maximum absolute atomic E-state index is 14.2. The summed E-state index contributed by atoms with van der Waals surface area (Å²) < 4.78 is 6.04. The van der Waals surface area contributed by atoms with Crippen molar-refractivity contribution in [2.24, 2.45) is 35.5 Å². The quantitative estimate of drug-likeness (QED) is 0.0453. The van der Waals surface area contributed by atoms with E-state index in [-0.39, 0.29) is 62.2 Å². The van der Waals surface area contributed by atoms with Crippen molar-refractivity contribution < 1.29 is 62.9 Å². The van der Waals surface area contributed by atoms with E-state index in [1.54, 1.807) is 55.4 Å². The van der Waals surface area contributed by atoms with Gasteiger partial charge in [-0.3, -0.25) is 43.2 Å². The van der Waals surface area contributed by atoms with Gasteiger partial charge in [0.1, 0.15) is 48.4 Å². The Morgan fingerprint density at radius 1 is 0.452 bits per heavy atom. The molecule has 8 atom stereocenters. The van der Waals surface area contributed by atoms with Gasteiger partial charge >= 0.3 is 17.9 Å². The first-order valence-corrected chi connectivity index (χ1v) is 26.8. The summed E-state index contributed by atoms with van der Waals surface area (Å²) in [5.74, 6) is -10.1. The van der Waals surface area contributed by atoms with Gasteiger partial charge in [-0.1, -0.05) is 128 Å². The average molecular weight is 1040 g/mol. The first-order chi connectivity index (χ1) is 34.1. The highest BCUT2D eigenvalue weighted by Gasteiger charge is 2.37. The van der Waals surface area contributed by atoms with Gasteiger partial charge in [0.05, 0.1) is 12.8 Å². The van der Waals surface area contributed by atoms with Crippen molar-refractivity contribution in [1.29, 1.82) is 0 Å². The molecule has 1 saturated heterocycles. The Morgan fingerprint density at radius 3 is 1.29 bits per heavy atom. The van der Waals surface area contributed by atoms with Crippen molar-refractivity contribution in [3.05, 3.63) is 0 Å². The van der Waals surface area contributed by atoms with E-state index in [1.165, 1.54) is 0 Å². The summed E-state index contributed by atoms with van der Waals surface area (Å²) in [5, 5.41) is 37.9. The smallest absolute Gasteiger partial charge is 0.328 e. The lowest BCUT2D eigenvalue weighted by atomic mass is 9.98. The summed E-state index contributed by atoms with van der Waals surface area (Å²) >= 11 is 0. The van der Waals surface area contributed by atoms with Gasteiger partial charge in [-0.2, -0.15) is 0 Å². The lowest BCUT2D eigenvalue weighted by Crippen LogP contribution is -2.61. The van der Waals surface area contributed by atoms with Crippen LogP contribution in [0.15, 0.2) is 0 Å². The van der Waals surface area contributed by atoms with Gasteiger partial charge in [0, 0.05) is 6.42 Å².